The molecule has 0 aliphatic carbocycles. The molecule has 1 N–H and O–H groups in total. The van der Waals surface area contributed by atoms with E-state index in [2.05, 4.69) is 5.10 Å². The number of carboxylic acid groups (broad SMARTS) is 1. The molecule has 0 fully saturated rings. The molecular weight excluding hydrogens is 228 g/mol. The van der Waals surface area contributed by atoms with Crippen LogP contribution >= 0.6 is 11.6 Å². The van der Waals surface area contributed by atoms with Gasteiger partial charge in [0.1, 0.15) is 0 Å². The Morgan fingerprint density at radius 2 is 2.12 bits per heavy atom. The van der Waals surface area contributed by atoms with E-state index in [0.29, 0.717) is 10.7 Å². The number of aromatic nitrogens is 2. The molecule has 0 saturated heterocycles. The van der Waals surface area contributed by atoms with Gasteiger partial charge in [0.15, 0.2) is 5.69 Å². The SMILES string of the molecule is Cn1nc(C(=O)O)cc1-c1ccccc1Cl. The van der Waals surface area contributed by atoms with E-state index < -0.39 is 5.97 Å². The number of rotatable bonds is 2. The predicted molar refractivity (Wildman–Crippen MR) is 60.6 cm³/mol. The van der Waals surface area contributed by atoms with Crippen LogP contribution in [0.3, 0.4) is 0 Å². The maximum Gasteiger partial charge on any atom is 0.356 e. The Balaban J connectivity index is 2.57. The second kappa shape index (κ2) is 3.98. The maximum atomic E-state index is 10.8. The van der Waals surface area contributed by atoms with Crippen molar-refractivity contribution in [2.45, 2.75) is 0 Å². The third-order valence-electron chi connectivity index (χ3n) is 2.25. The molecule has 0 bridgehead atoms. The molecule has 0 aliphatic rings. The van der Waals surface area contributed by atoms with Gasteiger partial charge in [0.25, 0.3) is 0 Å². The molecule has 0 saturated carbocycles. The number of nitrogens with zero attached hydrogens (tertiary/aromatic N) is 2. The summed E-state index contributed by atoms with van der Waals surface area (Å²) in [5.41, 5.74) is 1.46. The topological polar surface area (TPSA) is 55.1 Å². The van der Waals surface area contributed by atoms with Crippen LogP contribution < -0.4 is 0 Å². The normalized spacial score (nSPS) is 10.4. The molecule has 1 aromatic heterocycles. The summed E-state index contributed by atoms with van der Waals surface area (Å²) in [5, 5.41) is 13.3. The van der Waals surface area contributed by atoms with Gasteiger partial charge >= 0.3 is 5.97 Å². The van der Waals surface area contributed by atoms with Crippen LogP contribution in [-0.4, -0.2) is 20.9 Å². The minimum absolute atomic E-state index is 0.0115. The van der Waals surface area contributed by atoms with Crippen molar-refractivity contribution in [2.24, 2.45) is 7.05 Å². The molecule has 0 atom stereocenters. The van der Waals surface area contributed by atoms with E-state index in [1.54, 1.807) is 13.1 Å². The monoisotopic (exact) mass is 236 g/mol. The summed E-state index contributed by atoms with van der Waals surface area (Å²) in [7, 11) is 1.69. The lowest BCUT2D eigenvalue weighted by Crippen LogP contribution is -1.99. The summed E-state index contributed by atoms with van der Waals surface area (Å²) in [5.74, 6) is -1.05. The molecule has 16 heavy (non-hydrogen) atoms. The number of hydrogen-bond donors (Lipinski definition) is 1. The molecule has 2 aromatic rings. The van der Waals surface area contributed by atoms with Gasteiger partial charge in [0, 0.05) is 17.6 Å². The highest BCUT2D eigenvalue weighted by atomic mass is 35.5. The second-order valence-electron chi connectivity index (χ2n) is 3.32. The van der Waals surface area contributed by atoms with Crippen LogP contribution in [-0.2, 0) is 7.05 Å². The third-order valence-corrected chi connectivity index (χ3v) is 2.58. The summed E-state index contributed by atoms with van der Waals surface area (Å²) in [6, 6.07) is 8.74. The zero-order valence-electron chi connectivity index (χ0n) is 8.51. The quantitative estimate of drug-likeness (QED) is 0.871. The zero-order valence-corrected chi connectivity index (χ0v) is 9.27. The van der Waals surface area contributed by atoms with Crippen LogP contribution in [0.1, 0.15) is 10.5 Å². The van der Waals surface area contributed by atoms with Gasteiger partial charge in [-0.3, -0.25) is 4.68 Å². The first-order chi connectivity index (χ1) is 7.59. The lowest BCUT2D eigenvalue weighted by molar-refractivity contribution is 0.0689. The van der Waals surface area contributed by atoms with E-state index in [0.717, 1.165) is 5.56 Å². The van der Waals surface area contributed by atoms with Crippen LogP contribution in [0.15, 0.2) is 30.3 Å². The molecular formula is C11H9ClN2O2. The second-order valence-corrected chi connectivity index (χ2v) is 3.73. The first-order valence-corrected chi connectivity index (χ1v) is 4.99. The highest BCUT2D eigenvalue weighted by Crippen LogP contribution is 2.27. The van der Waals surface area contributed by atoms with E-state index in [4.69, 9.17) is 16.7 Å². The van der Waals surface area contributed by atoms with Crippen molar-refractivity contribution in [3.05, 3.63) is 41.0 Å². The summed E-state index contributed by atoms with van der Waals surface area (Å²) in [6.07, 6.45) is 0. The molecule has 0 amide bonds. The standard InChI is InChI=1S/C11H9ClN2O2/c1-14-10(6-9(13-14)11(15)16)7-4-2-3-5-8(7)12/h2-6H,1H3,(H,15,16). The fourth-order valence-corrected chi connectivity index (χ4v) is 1.73. The fraction of sp³-hybridized carbons (Fsp3) is 0.0909. The van der Waals surface area contributed by atoms with Crippen molar-refractivity contribution in [1.82, 2.24) is 9.78 Å². The van der Waals surface area contributed by atoms with E-state index in [1.807, 2.05) is 18.2 Å². The van der Waals surface area contributed by atoms with Gasteiger partial charge in [-0.15, -0.1) is 0 Å². The Hall–Kier alpha value is -1.81. The van der Waals surface area contributed by atoms with Crippen LogP contribution in [0.5, 0.6) is 0 Å². The van der Waals surface area contributed by atoms with Gasteiger partial charge < -0.3 is 5.11 Å². The predicted octanol–water partition coefficient (Wildman–Crippen LogP) is 2.44. The van der Waals surface area contributed by atoms with Crippen molar-refractivity contribution < 1.29 is 9.90 Å². The van der Waals surface area contributed by atoms with Crippen LogP contribution in [0.4, 0.5) is 0 Å². The Bertz CT molecular complexity index is 549. The van der Waals surface area contributed by atoms with Crippen molar-refractivity contribution in [1.29, 1.82) is 0 Å². The van der Waals surface area contributed by atoms with Gasteiger partial charge in [-0.2, -0.15) is 5.10 Å². The zero-order chi connectivity index (χ0) is 11.7. The van der Waals surface area contributed by atoms with Gasteiger partial charge in [-0.05, 0) is 12.1 Å². The number of benzene rings is 1. The minimum Gasteiger partial charge on any atom is -0.476 e. The highest BCUT2D eigenvalue weighted by molar-refractivity contribution is 6.33. The van der Waals surface area contributed by atoms with Gasteiger partial charge in [0.05, 0.1) is 5.69 Å². The molecule has 5 heteroatoms. The molecule has 0 aliphatic heterocycles. The summed E-state index contributed by atoms with van der Waals surface area (Å²) >= 11 is 6.03. The maximum absolute atomic E-state index is 10.8. The molecule has 82 valence electrons. The molecule has 0 unspecified atom stereocenters. The number of aromatic carboxylic acids is 1. The number of carboxylic acids is 1. The van der Waals surface area contributed by atoms with Crippen molar-refractivity contribution >= 4 is 17.6 Å². The van der Waals surface area contributed by atoms with E-state index >= 15 is 0 Å². The van der Waals surface area contributed by atoms with Gasteiger partial charge in [-0.1, -0.05) is 29.8 Å². The molecule has 0 radical (unpaired) electrons. The van der Waals surface area contributed by atoms with Crippen LogP contribution in [0, 0.1) is 0 Å². The van der Waals surface area contributed by atoms with E-state index in [1.165, 1.54) is 10.7 Å². The first kappa shape index (κ1) is 10.7. The lowest BCUT2D eigenvalue weighted by atomic mass is 10.1. The van der Waals surface area contributed by atoms with Crippen LogP contribution in [0.2, 0.25) is 5.02 Å². The third kappa shape index (κ3) is 1.79. The highest BCUT2D eigenvalue weighted by Gasteiger charge is 2.13. The van der Waals surface area contributed by atoms with Crippen molar-refractivity contribution in [2.75, 3.05) is 0 Å². The molecule has 0 spiro atoms. The Kier molecular flexibility index (Phi) is 2.66. The number of carbonyl (C=O) groups is 1. The average Bonchev–Trinajstić information content (AvgIpc) is 2.61. The van der Waals surface area contributed by atoms with Gasteiger partial charge in [-0.25, -0.2) is 4.79 Å². The smallest absolute Gasteiger partial charge is 0.356 e. The first-order valence-electron chi connectivity index (χ1n) is 4.62. The summed E-state index contributed by atoms with van der Waals surface area (Å²) in [6.45, 7) is 0. The average molecular weight is 237 g/mol. The number of hydrogen-bond acceptors (Lipinski definition) is 2. The Morgan fingerprint density at radius 3 is 2.69 bits per heavy atom. The number of aryl methyl sites for hydroxylation is 1. The fourth-order valence-electron chi connectivity index (χ4n) is 1.49. The largest absolute Gasteiger partial charge is 0.476 e. The minimum atomic E-state index is -1.05. The molecule has 1 heterocycles. The molecule has 2 rings (SSSR count). The van der Waals surface area contributed by atoms with Gasteiger partial charge in [0.2, 0.25) is 0 Å². The Labute approximate surface area is 97.1 Å². The molecule has 1 aromatic carbocycles. The van der Waals surface area contributed by atoms with E-state index in [-0.39, 0.29) is 5.69 Å². The Morgan fingerprint density at radius 1 is 1.44 bits per heavy atom. The number of halogens is 1. The van der Waals surface area contributed by atoms with Crippen molar-refractivity contribution in [3.63, 3.8) is 0 Å². The van der Waals surface area contributed by atoms with E-state index in [9.17, 15) is 4.79 Å². The lowest BCUT2D eigenvalue weighted by Gasteiger charge is -2.03. The molecule has 4 nitrogen and oxygen atoms in total. The van der Waals surface area contributed by atoms with Crippen LogP contribution in [0.25, 0.3) is 11.3 Å². The summed E-state index contributed by atoms with van der Waals surface area (Å²) in [4.78, 5) is 10.8. The summed E-state index contributed by atoms with van der Waals surface area (Å²) < 4.78 is 1.50. The van der Waals surface area contributed by atoms with Crippen molar-refractivity contribution in [3.8, 4) is 11.3 Å².